The molecule has 0 aliphatic rings. The van der Waals surface area contributed by atoms with E-state index >= 15 is 0 Å². The number of nitrogens with one attached hydrogen (secondary N) is 1. The number of halogens is 1. The van der Waals surface area contributed by atoms with Gasteiger partial charge in [-0.15, -0.1) is 0 Å². The van der Waals surface area contributed by atoms with Crippen molar-refractivity contribution in [3.63, 3.8) is 0 Å². The molecule has 0 atom stereocenters. The molecule has 0 bridgehead atoms. The minimum Gasteiger partial charge on any atom is -0.484 e. The summed E-state index contributed by atoms with van der Waals surface area (Å²) in [6.45, 7) is 1.95. The van der Waals surface area contributed by atoms with Crippen LogP contribution in [0.3, 0.4) is 0 Å². The Morgan fingerprint density at radius 1 is 1.18 bits per heavy atom. The van der Waals surface area contributed by atoms with Crippen molar-refractivity contribution in [2.75, 3.05) is 6.61 Å². The molecule has 2 aromatic rings. The number of hydrogen-bond donors (Lipinski definition) is 1. The largest absolute Gasteiger partial charge is 0.484 e. The fraction of sp³-hybridized carbons (Fsp3) is 0.176. The van der Waals surface area contributed by atoms with E-state index in [1.807, 2.05) is 24.3 Å². The highest BCUT2D eigenvalue weighted by atomic mass is 19.1. The maximum absolute atomic E-state index is 12.7. The molecule has 0 fully saturated rings. The number of benzene rings is 2. The van der Waals surface area contributed by atoms with Crippen LogP contribution in [0.1, 0.15) is 18.1 Å². The van der Waals surface area contributed by atoms with Crippen molar-refractivity contribution in [1.29, 1.82) is 0 Å². The number of hydrogen-bond acceptors (Lipinski definition) is 3. The molecule has 0 spiro atoms. The van der Waals surface area contributed by atoms with E-state index in [4.69, 9.17) is 4.74 Å². The van der Waals surface area contributed by atoms with Crippen molar-refractivity contribution in [2.45, 2.75) is 13.3 Å². The summed E-state index contributed by atoms with van der Waals surface area (Å²) < 4.78 is 18.1. The first-order valence-electron chi connectivity index (χ1n) is 6.96. The van der Waals surface area contributed by atoms with E-state index in [1.54, 1.807) is 12.1 Å². The molecule has 2 rings (SSSR count). The summed E-state index contributed by atoms with van der Waals surface area (Å²) >= 11 is 0. The molecule has 0 heterocycles. The molecule has 0 aromatic heterocycles. The van der Waals surface area contributed by atoms with E-state index in [-0.39, 0.29) is 18.3 Å². The van der Waals surface area contributed by atoms with Gasteiger partial charge < -0.3 is 4.74 Å². The van der Waals surface area contributed by atoms with Crippen molar-refractivity contribution >= 4 is 12.1 Å². The minimum absolute atomic E-state index is 0.119. The minimum atomic E-state index is -0.363. The van der Waals surface area contributed by atoms with Crippen LogP contribution >= 0.6 is 0 Å². The van der Waals surface area contributed by atoms with E-state index in [1.165, 1.54) is 23.9 Å². The average molecular weight is 300 g/mol. The molecule has 1 N–H and O–H groups in total. The molecule has 22 heavy (non-hydrogen) atoms. The van der Waals surface area contributed by atoms with Crippen LogP contribution in [0.4, 0.5) is 4.39 Å². The number of hydrazone groups is 1. The van der Waals surface area contributed by atoms with Crippen LogP contribution in [0.5, 0.6) is 5.75 Å². The standard InChI is InChI=1S/C17H17FN2O2/c1-2-13-5-9-16(10-6-13)22-12-17(21)20-19-11-14-3-7-15(18)8-4-14/h3-11H,2,12H2,1H3,(H,20,21). The molecule has 0 saturated carbocycles. The van der Waals surface area contributed by atoms with Crippen LogP contribution < -0.4 is 10.2 Å². The van der Waals surface area contributed by atoms with Crippen molar-refractivity contribution in [1.82, 2.24) is 5.43 Å². The molecule has 0 aliphatic heterocycles. The number of nitrogens with zero attached hydrogens (tertiary/aromatic N) is 1. The Bertz CT molecular complexity index is 637. The predicted molar refractivity (Wildman–Crippen MR) is 83.5 cm³/mol. The summed E-state index contributed by atoms with van der Waals surface area (Å²) in [6.07, 6.45) is 2.40. The van der Waals surface area contributed by atoms with Gasteiger partial charge in [0.25, 0.3) is 5.91 Å². The van der Waals surface area contributed by atoms with Crippen LogP contribution in [-0.2, 0) is 11.2 Å². The zero-order valence-corrected chi connectivity index (χ0v) is 12.3. The van der Waals surface area contributed by atoms with Gasteiger partial charge in [-0.05, 0) is 41.8 Å². The third-order valence-electron chi connectivity index (χ3n) is 2.97. The van der Waals surface area contributed by atoms with Crippen LogP contribution in [0.2, 0.25) is 0 Å². The molecule has 4 nitrogen and oxygen atoms in total. The van der Waals surface area contributed by atoms with Gasteiger partial charge in [0.05, 0.1) is 6.21 Å². The van der Waals surface area contributed by atoms with Crippen molar-refractivity contribution in [3.05, 3.63) is 65.5 Å². The topological polar surface area (TPSA) is 50.7 Å². The Balaban J connectivity index is 1.76. The lowest BCUT2D eigenvalue weighted by Gasteiger charge is -2.05. The zero-order valence-electron chi connectivity index (χ0n) is 12.3. The Labute approximate surface area is 128 Å². The van der Waals surface area contributed by atoms with Gasteiger partial charge in [0.2, 0.25) is 0 Å². The Kier molecular flexibility index (Phi) is 5.65. The highest BCUT2D eigenvalue weighted by Gasteiger charge is 2.01. The normalized spacial score (nSPS) is 10.6. The van der Waals surface area contributed by atoms with Gasteiger partial charge >= 0.3 is 0 Å². The Morgan fingerprint density at radius 3 is 2.50 bits per heavy atom. The summed E-state index contributed by atoms with van der Waals surface area (Å²) in [5.41, 5.74) is 4.25. The van der Waals surface area contributed by atoms with Crippen LogP contribution in [0, 0.1) is 5.82 Å². The molecule has 114 valence electrons. The van der Waals surface area contributed by atoms with E-state index in [9.17, 15) is 9.18 Å². The highest BCUT2D eigenvalue weighted by Crippen LogP contribution is 2.12. The molecule has 5 heteroatoms. The third-order valence-corrected chi connectivity index (χ3v) is 2.97. The molecule has 1 amide bonds. The van der Waals surface area contributed by atoms with Gasteiger partial charge in [-0.25, -0.2) is 9.82 Å². The average Bonchev–Trinajstić information content (AvgIpc) is 2.55. The van der Waals surface area contributed by atoms with E-state index in [0.717, 1.165) is 6.42 Å². The number of aryl methyl sites for hydroxylation is 1. The van der Waals surface area contributed by atoms with Crippen molar-refractivity contribution in [3.8, 4) is 5.75 Å². The lowest BCUT2D eigenvalue weighted by atomic mass is 10.2. The fourth-order valence-corrected chi connectivity index (χ4v) is 1.73. The molecule has 0 aliphatic carbocycles. The second kappa shape index (κ2) is 7.93. The van der Waals surface area contributed by atoms with Crippen molar-refractivity contribution in [2.24, 2.45) is 5.10 Å². The molecule has 0 unspecified atom stereocenters. The van der Waals surface area contributed by atoms with E-state index < -0.39 is 0 Å². The quantitative estimate of drug-likeness (QED) is 0.659. The molecular weight excluding hydrogens is 283 g/mol. The lowest BCUT2D eigenvalue weighted by Crippen LogP contribution is -2.24. The van der Waals surface area contributed by atoms with E-state index in [0.29, 0.717) is 11.3 Å². The van der Waals surface area contributed by atoms with Gasteiger partial charge in [-0.2, -0.15) is 5.10 Å². The number of carbonyl (C=O) groups is 1. The summed E-state index contributed by atoms with van der Waals surface area (Å²) in [7, 11) is 0. The maximum Gasteiger partial charge on any atom is 0.277 e. The Hall–Kier alpha value is -2.69. The predicted octanol–water partition coefficient (Wildman–Crippen LogP) is 2.92. The summed E-state index contributed by atoms with van der Waals surface area (Å²) in [4.78, 5) is 11.6. The zero-order chi connectivity index (χ0) is 15.8. The van der Waals surface area contributed by atoms with E-state index in [2.05, 4.69) is 17.5 Å². The first-order chi connectivity index (χ1) is 10.7. The van der Waals surface area contributed by atoms with Gasteiger partial charge in [0.1, 0.15) is 11.6 Å². The smallest absolute Gasteiger partial charge is 0.277 e. The third kappa shape index (κ3) is 5.01. The molecule has 0 radical (unpaired) electrons. The van der Waals surface area contributed by atoms with Crippen LogP contribution in [-0.4, -0.2) is 18.7 Å². The lowest BCUT2D eigenvalue weighted by molar-refractivity contribution is -0.123. The van der Waals surface area contributed by atoms with Gasteiger partial charge in [-0.3, -0.25) is 4.79 Å². The highest BCUT2D eigenvalue weighted by molar-refractivity contribution is 5.82. The first-order valence-corrected chi connectivity index (χ1v) is 6.96. The van der Waals surface area contributed by atoms with Crippen molar-refractivity contribution < 1.29 is 13.9 Å². The number of carbonyl (C=O) groups excluding carboxylic acids is 1. The second-order valence-corrected chi connectivity index (χ2v) is 4.63. The van der Waals surface area contributed by atoms with Crippen LogP contribution in [0.25, 0.3) is 0 Å². The SMILES string of the molecule is CCc1ccc(OCC(=O)NN=Cc2ccc(F)cc2)cc1. The second-order valence-electron chi connectivity index (χ2n) is 4.63. The first kappa shape index (κ1) is 15.7. The molecular formula is C17H17FN2O2. The number of amides is 1. The monoisotopic (exact) mass is 300 g/mol. The Morgan fingerprint density at radius 2 is 1.86 bits per heavy atom. The number of rotatable bonds is 6. The van der Waals surface area contributed by atoms with Gasteiger partial charge in [-0.1, -0.05) is 31.2 Å². The fourth-order valence-electron chi connectivity index (χ4n) is 1.73. The molecule has 0 saturated heterocycles. The van der Waals surface area contributed by atoms with Gasteiger partial charge in [0.15, 0.2) is 6.61 Å². The maximum atomic E-state index is 12.7. The summed E-state index contributed by atoms with van der Waals surface area (Å²) in [5, 5.41) is 3.78. The summed E-state index contributed by atoms with van der Waals surface area (Å²) in [6, 6.07) is 13.4. The molecule has 2 aromatic carbocycles. The number of ether oxygens (including phenoxy) is 1. The van der Waals surface area contributed by atoms with Crippen LogP contribution in [0.15, 0.2) is 53.6 Å². The summed E-state index contributed by atoms with van der Waals surface area (Å²) in [5.74, 6) is -0.0449. The van der Waals surface area contributed by atoms with Gasteiger partial charge in [0, 0.05) is 0 Å².